The lowest BCUT2D eigenvalue weighted by atomic mass is 10.0. The molecular weight excluding hydrogens is 640 g/mol. The van der Waals surface area contributed by atoms with Gasteiger partial charge in [-0.2, -0.15) is 0 Å². The zero-order chi connectivity index (χ0) is 36.3. The molecule has 0 aliphatic carbocycles. The minimum atomic E-state index is -0.707. The molecule has 0 bridgehead atoms. The molecule has 5 rings (SSSR count). The fourth-order valence-electron chi connectivity index (χ4n) is 6.99. The standard InChI is InChI=1S/C36H50N8O6/c1-19(2)29(41-35(47)49-7)33(45)43-17-21(5)13-27(43)31-37-15-25(39-31)23-9-11-24(12-10-23)26-16-38-32(40-26)28-14-22(6)18-44(28)34(46)30(20(3)4)42-36(48)50-8/h9-12,15-16,19-22,27-30H,13-14,17-18H2,1-8H3,(H,37,39)(H,38,40)(H,41,47)(H,42,48)/t21-,22+,27-,28-,29-,30-/m0/s1. The zero-order valence-electron chi connectivity index (χ0n) is 30.1. The smallest absolute Gasteiger partial charge is 0.407 e. The summed E-state index contributed by atoms with van der Waals surface area (Å²) in [4.78, 5) is 71.1. The summed E-state index contributed by atoms with van der Waals surface area (Å²) >= 11 is 0. The van der Waals surface area contributed by atoms with Crippen LogP contribution in [0.4, 0.5) is 9.59 Å². The van der Waals surface area contributed by atoms with Crippen LogP contribution < -0.4 is 10.6 Å². The summed E-state index contributed by atoms with van der Waals surface area (Å²) < 4.78 is 9.52. The SMILES string of the molecule is COC(=O)N[C@H](C(=O)N1C[C@H](C)C[C@H]1c1ncc(-c2ccc(-c3cnc([C@@H]4C[C@H](C)CN4C(=O)[C@@H](NC(=O)OC)C(C)C)[nH]3)cc2)[nH]1)C(C)C. The van der Waals surface area contributed by atoms with E-state index < -0.39 is 24.3 Å². The van der Waals surface area contributed by atoms with Crippen LogP contribution >= 0.6 is 0 Å². The van der Waals surface area contributed by atoms with Crippen molar-refractivity contribution in [3.8, 4) is 22.5 Å². The Balaban J connectivity index is 1.30. The summed E-state index contributed by atoms with van der Waals surface area (Å²) in [6, 6.07) is 6.10. The fourth-order valence-corrected chi connectivity index (χ4v) is 6.99. The van der Waals surface area contributed by atoms with Crippen molar-refractivity contribution in [1.29, 1.82) is 0 Å². The number of benzene rings is 1. The Morgan fingerprint density at radius 2 is 1.06 bits per heavy atom. The van der Waals surface area contributed by atoms with Crippen LogP contribution in [-0.4, -0.2) is 93.1 Å². The van der Waals surface area contributed by atoms with Gasteiger partial charge in [0.1, 0.15) is 23.7 Å². The largest absolute Gasteiger partial charge is 0.453 e. The average molecular weight is 691 g/mol. The number of ether oxygens (including phenoxy) is 2. The van der Waals surface area contributed by atoms with Crippen molar-refractivity contribution < 1.29 is 28.7 Å². The Morgan fingerprint density at radius 1 is 0.700 bits per heavy atom. The lowest BCUT2D eigenvalue weighted by Crippen LogP contribution is -2.51. The molecule has 0 spiro atoms. The van der Waals surface area contributed by atoms with Crippen LogP contribution in [0.2, 0.25) is 0 Å². The number of alkyl carbamates (subject to hydrolysis) is 2. The lowest BCUT2D eigenvalue weighted by molar-refractivity contribution is -0.136. The molecule has 0 unspecified atom stereocenters. The maximum absolute atomic E-state index is 13.6. The van der Waals surface area contributed by atoms with Crippen molar-refractivity contribution in [3.05, 3.63) is 48.3 Å². The minimum Gasteiger partial charge on any atom is -0.453 e. The first kappa shape index (κ1) is 36.4. The average Bonchev–Trinajstić information content (AvgIpc) is 3.91. The van der Waals surface area contributed by atoms with Gasteiger partial charge in [-0.05, 0) is 47.6 Å². The second kappa shape index (κ2) is 15.3. The topological polar surface area (TPSA) is 175 Å². The molecule has 6 atom stereocenters. The van der Waals surface area contributed by atoms with E-state index in [1.54, 1.807) is 12.4 Å². The molecule has 4 heterocycles. The monoisotopic (exact) mass is 690 g/mol. The number of likely N-dealkylation sites (tertiary alicyclic amines) is 2. The first-order valence-electron chi connectivity index (χ1n) is 17.3. The minimum absolute atomic E-state index is 0.120. The number of amides is 4. The van der Waals surface area contributed by atoms with Gasteiger partial charge in [0, 0.05) is 13.1 Å². The molecule has 2 fully saturated rings. The highest BCUT2D eigenvalue weighted by Crippen LogP contribution is 2.37. The van der Waals surface area contributed by atoms with Gasteiger partial charge in [0.05, 0.1) is 50.1 Å². The van der Waals surface area contributed by atoms with E-state index in [9.17, 15) is 19.2 Å². The van der Waals surface area contributed by atoms with Crippen molar-refractivity contribution in [2.75, 3.05) is 27.3 Å². The van der Waals surface area contributed by atoms with Crippen LogP contribution in [0, 0.1) is 23.7 Å². The van der Waals surface area contributed by atoms with Gasteiger partial charge in [-0.15, -0.1) is 0 Å². The third kappa shape index (κ3) is 7.79. The first-order chi connectivity index (χ1) is 23.8. The van der Waals surface area contributed by atoms with Crippen LogP contribution in [0.15, 0.2) is 36.7 Å². The third-order valence-corrected chi connectivity index (χ3v) is 9.70. The summed E-state index contributed by atoms with van der Waals surface area (Å²) in [7, 11) is 2.57. The van der Waals surface area contributed by atoms with Gasteiger partial charge in [-0.3, -0.25) is 9.59 Å². The van der Waals surface area contributed by atoms with Crippen LogP contribution in [0.5, 0.6) is 0 Å². The number of H-pyrrole nitrogens is 2. The van der Waals surface area contributed by atoms with E-state index >= 15 is 0 Å². The number of rotatable bonds is 10. The van der Waals surface area contributed by atoms with E-state index in [0.717, 1.165) is 35.4 Å². The molecule has 4 amide bonds. The molecule has 3 aromatic rings. The Hall–Kier alpha value is -4.88. The molecule has 1 aromatic carbocycles. The molecule has 2 aliphatic rings. The Labute approximate surface area is 293 Å². The van der Waals surface area contributed by atoms with E-state index in [1.807, 2.05) is 61.8 Å². The van der Waals surface area contributed by atoms with E-state index in [0.29, 0.717) is 24.7 Å². The number of carbonyl (C=O) groups excluding carboxylic acids is 4. The van der Waals surface area contributed by atoms with Gasteiger partial charge < -0.3 is 39.9 Å². The summed E-state index contributed by atoms with van der Waals surface area (Å²) in [5, 5.41) is 5.39. The Morgan fingerprint density at radius 3 is 1.38 bits per heavy atom. The van der Waals surface area contributed by atoms with Gasteiger partial charge in [0.2, 0.25) is 11.8 Å². The molecule has 50 heavy (non-hydrogen) atoms. The highest BCUT2D eigenvalue weighted by Gasteiger charge is 2.41. The Kier molecular flexibility index (Phi) is 11.2. The van der Waals surface area contributed by atoms with Gasteiger partial charge >= 0.3 is 12.2 Å². The van der Waals surface area contributed by atoms with Crippen molar-refractivity contribution in [2.45, 2.75) is 78.6 Å². The maximum Gasteiger partial charge on any atom is 0.407 e. The molecule has 2 saturated heterocycles. The number of imidazole rings is 2. The summed E-state index contributed by atoms with van der Waals surface area (Å²) in [5.41, 5.74) is 3.52. The van der Waals surface area contributed by atoms with Crippen molar-refractivity contribution >= 4 is 24.0 Å². The number of aromatic amines is 2. The van der Waals surface area contributed by atoms with Crippen molar-refractivity contribution in [2.24, 2.45) is 23.7 Å². The van der Waals surface area contributed by atoms with Crippen LogP contribution in [0.25, 0.3) is 22.5 Å². The molecule has 14 nitrogen and oxygen atoms in total. The van der Waals surface area contributed by atoms with E-state index in [-0.39, 0.29) is 47.6 Å². The second-order valence-electron chi connectivity index (χ2n) is 14.4. The van der Waals surface area contributed by atoms with Gasteiger partial charge in [0.15, 0.2) is 0 Å². The predicted octanol–water partition coefficient (Wildman–Crippen LogP) is 5.05. The van der Waals surface area contributed by atoms with E-state index in [2.05, 4.69) is 44.4 Å². The predicted molar refractivity (Wildman–Crippen MR) is 186 cm³/mol. The molecule has 4 N–H and O–H groups in total. The number of aromatic nitrogens is 4. The molecule has 270 valence electrons. The van der Waals surface area contributed by atoms with Crippen molar-refractivity contribution in [1.82, 2.24) is 40.4 Å². The normalized spacial score (nSPS) is 21.7. The van der Waals surface area contributed by atoms with Crippen LogP contribution in [-0.2, 0) is 19.1 Å². The van der Waals surface area contributed by atoms with Gasteiger partial charge in [-0.25, -0.2) is 19.6 Å². The number of nitrogens with zero attached hydrogens (tertiary/aromatic N) is 4. The van der Waals surface area contributed by atoms with E-state index in [1.165, 1.54) is 14.2 Å². The summed E-state index contributed by atoms with van der Waals surface area (Å²) in [5.74, 6) is 1.40. The highest BCUT2D eigenvalue weighted by molar-refractivity contribution is 5.87. The van der Waals surface area contributed by atoms with Crippen LogP contribution in [0.1, 0.15) is 78.1 Å². The second-order valence-corrected chi connectivity index (χ2v) is 14.4. The third-order valence-electron chi connectivity index (χ3n) is 9.70. The van der Waals surface area contributed by atoms with Gasteiger partial charge in [0.25, 0.3) is 0 Å². The molecule has 2 aliphatic heterocycles. The molecule has 14 heteroatoms. The highest BCUT2D eigenvalue weighted by atomic mass is 16.5. The molecule has 0 saturated carbocycles. The molecule has 2 aromatic heterocycles. The number of hydrogen-bond acceptors (Lipinski definition) is 8. The lowest BCUT2D eigenvalue weighted by Gasteiger charge is -2.30. The number of carbonyl (C=O) groups is 4. The number of hydrogen-bond donors (Lipinski definition) is 4. The fraction of sp³-hybridized carbons (Fsp3) is 0.556. The summed E-state index contributed by atoms with van der Waals surface area (Å²) in [6.07, 6.45) is 3.81. The number of nitrogens with one attached hydrogen (secondary N) is 4. The zero-order valence-corrected chi connectivity index (χ0v) is 30.1. The quantitative estimate of drug-likeness (QED) is 0.229. The van der Waals surface area contributed by atoms with Crippen LogP contribution in [0.3, 0.4) is 0 Å². The van der Waals surface area contributed by atoms with Gasteiger partial charge in [-0.1, -0.05) is 65.8 Å². The molecule has 0 radical (unpaired) electrons. The van der Waals surface area contributed by atoms with E-state index in [4.69, 9.17) is 9.47 Å². The first-order valence-corrected chi connectivity index (χ1v) is 17.3. The summed E-state index contributed by atoms with van der Waals surface area (Å²) in [6.45, 7) is 12.9. The number of methoxy groups -OCH3 is 2. The van der Waals surface area contributed by atoms with Crippen molar-refractivity contribution in [3.63, 3.8) is 0 Å². The maximum atomic E-state index is 13.6. The Bertz CT molecular complexity index is 1550. The molecular formula is C36H50N8O6.